The topological polar surface area (TPSA) is 71.3 Å². The maximum atomic E-state index is 12.1. The average Bonchev–Trinajstić information content (AvgIpc) is 2.43. The van der Waals surface area contributed by atoms with Crippen LogP contribution in [0.3, 0.4) is 0 Å². The van der Waals surface area contributed by atoms with Crippen LogP contribution < -0.4 is 10.9 Å². The summed E-state index contributed by atoms with van der Waals surface area (Å²) in [6.45, 7) is 0.232. The van der Waals surface area contributed by atoms with Gasteiger partial charge in [0, 0.05) is 24.9 Å². The normalized spacial score (nSPS) is 10.6. The minimum atomic E-state index is -0.621. The smallest absolute Gasteiger partial charge is 0.267 e. The number of hydrogen-bond acceptors (Lipinski definition) is 3. The number of nitrogens with zero attached hydrogens (tertiary/aromatic N) is 1. The molecule has 2 N–H and O–H groups in total. The molecule has 1 heterocycles. The maximum Gasteiger partial charge on any atom is 0.267 e. The van der Waals surface area contributed by atoms with Gasteiger partial charge in [0.05, 0.1) is 5.52 Å². The zero-order valence-electron chi connectivity index (χ0n) is 10.3. The molecule has 6 heteroatoms. The monoisotopic (exact) mass is 280 g/mol. The van der Waals surface area contributed by atoms with Gasteiger partial charge in [-0.2, -0.15) is 0 Å². The molecule has 0 unspecified atom stereocenters. The van der Waals surface area contributed by atoms with Crippen molar-refractivity contribution in [3.63, 3.8) is 0 Å². The van der Waals surface area contributed by atoms with Crippen molar-refractivity contribution in [2.75, 3.05) is 12.4 Å². The fraction of sp³-hybridized carbons (Fsp3) is 0.231. The molecule has 1 aromatic carbocycles. The van der Waals surface area contributed by atoms with Crippen molar-refractivity contribution in [2.45, 2.75) is 0 Å². The number of carbonyl (C=O) groups excluding carboxylic acids is 1. The Morgan fingerprint density at radius 2 is 2.11 bits per heavy atom. The van der Waals surface area contributed by atoms with Gasteiger partial charge in [-0.1, -0.05) is 12.1 Å². The molecule has 0 fully saturated rings. The standard InChI is InChI=1S/C13H13ClN2O3/c1-16-9-5-3-2-4-8(9)11(17)10(13(16)19)12(18)15-7-6-14/h2-5,17H,6-7H2,1H3,(H,15,18). The molecule has 1 amide bonds. The van der Waals surface area contributed by atoms with Crippen LogP contribution in [0.4, 0.5) is 0 Å². The number of aromatic nitrogens is 1. The Kier molecular flexibility index (Phi) is 3.76. The number of halogens is 1. The predicted octanol–water partition coefficient (Wildman–Crippen LogP) is 1.21. The number of fused-ring (bicyclic) bond motifs is 1. The van der Waals surface area contributed by atoms with Crippen molar-refractivity contribution in [1.29, 1.82) is 0 Å². The number of nitrogens with one attached hydrogen (secondary N) is 1. The molecule has 0 aliphatic carbocycles. The quantitative estimate of drug-likeness (QED) is 0.830. The zero-order chi connectivity index (χ0) is 14.0. The van der Waals surface area contributed by atoms with E-state index in [9.17, 15) is 14.7 Å². The molecule has 0 saturated heterocycles. The largest absolute Gasteiger partial charge is 0.506 e. The minimum Gasteiger partial charge on any atom is -0.506 e. The van der Waals surface area contributed by atoms with Crippen LogP contribution in [-0.4, -0.2) is 28.0 Å². The lowest BCUT2D eigenvalue weighted by Gasteiger charge is -2.11. The molecule has 0 atom stereocenters. The third kappa shape index (κ3) is 2.29. The highest BCUT2D eigenvalue weighted by Gasteiger charge is 2.20. The number of alkyl halides is 1. The number of para-hydroxylation sites is 1. The number of aromatic hydroxyl groups is 1. The van der Waals surface area contributed by atoms with E-state index < -0.39 is 11.5 Å². The van der Waals surface area contributed by atoms with Crippen LogP contribution in [0.15, 0.2) is 29.1 Å². The summed E-state index contributed by atoms with van der Waals surface area (Å²) in [5, 5.41) is 13.1. The van der Waals surface area contributed by atoms with Crippen LogP contribution in [0, 0.1) is 0 Å². The molecule has 2 aromatic rings. The second-order valence-corrected chi connectivity index (χ2v) is 4.43. The van der Waals surface area contributed by atoms with E-state index in [1.54, 1.807) is 31.3 Å². The Morgan fingerprint density at radius 3 is 2.79 bits per heavy atom. The lowest BCUT2D eigenvalue weighted by Crippen LogP contribution is -2.33. The molecule has 0 aliphatic rings. The molecule has 0 saturated carbocycles. The van der Waals surface area contributed by atoms with E-state index in [0.29, 0.717) is 10.9 Å². The summed E-state index contributed by atoms with van der Waals surface area (Å²) in [7, 11) is 1.56. The highest BCUT2D eigenvalue weighted by atomic mass is 35.5. The lowest BCUT2D eigenvalue weighted by molar-refractivity contribution is 0.0951. The first kappa shape index (κ1) is 13.4. The van der Waals surface area contributed by atoms with Crippen LogP contribution in [0.25, 0.3) is 10.9 Å². The number of benzene rings is 1. The summed E-state index contributed by atoms with van der Waals surface area (Å²) in [6.07, 6.45) is 0. The van der Waals surface area contributed by atoms with Gasteiger partial charge in [0.1, 0.15) is 11.3 Å². The van der Waals surface area contributed by atoms with Gasteiger partial charge in [0.25, 0.3) is 11.5 Å². The van der Waals surface area contributed by atoms with E-state index >= 15 is 0 Å². The van der Waals surface area contributed by atoms with Crippen molar-refractivity contribution in [3.05, 3.63) is 40.2 Å². The third-order valence-corrected chi connectivity index (χ3v) is 3.07. The fourth-order valence-electron chi connectivity index (χ4n) is 1.93. The van der Waals surface area contributed by atoms with Crippen molar-refractivity contribution >= 4 is 28.4 Å². The summed E-state index contributed by atoms with van der Waals surface area (Å²) in [6, 6.07) is 6.85. The molecule has 2 rings (SSSR count). The molecule has 1 aromatic heterocycles. The number of pyridine rings is 1. The molecule has 0 bridgehead atoms. The molecule has 0 radical (unpaired) electrons. The highest BCUT2D eigenvalue weighted by molar-refractivity contribution is 6.18. The van der Waals surface area contributed by atoms with Gasteiger partial charge in [-0.05, 0) is 12.1 Å². The van der Waals surface area contributed by atoms with E-state index in [1.165, 1.54) is 4.57 Å². The van der Waals surface area contributed by atoms with Gasteiger partial charge in [-0.15, -0.1) is 11.6 Å². The first-order valence-electron chi connectivity index (χ1n) is 5.72. The Morgan fingerprint density at radius 1 is 1.42 bits per heavy atom. The van der Waals surface area contributed by atoms with Crippen LogP contribution in [0.2, 0.25) is 0 Å². The van der Waals surface area contributed by atoms with E-state index in [1.807, 2.05) is 0 Å². The van der Waals surface area contributed by atoms with Gasteiger partial charge in [0.2, 0.25) is 0 Å². The fourth-order valence-corrected chi connectivity index (χ4v) is 2.03. The van der Waals surface area contributed by atoms with Crippen LogP contribution in [0.1, 0.15) is 10.4 Å². The van der Waals surface area contributed by atoms with Gasteiger partial charge in [0.15, 0.2) is 0 Å². The van der Waals surface area contributed by atoms with Gasteiger partial charge in [-0.25, -0.2) is 0 Å². The number of amides is 1. The van der Waals surface area contributed by atoms with Crippen molar-refractivity contribution in [1.82, 2.24) is 9.88 Å². The number of aryl methyl sites for hydroxylation is 1. The molecule has 5 nitrogen and oxygen atoms in total. The van der Waals surface area contributed by atoms with E-state index in [2.05, 4.69) is 5.32 Å². The van der Waals surface area contributed by atoms with E-state index in [0.717, 1.165) is 0 Å². The summed E-state index contributed by atoms with van der Waals surface area (Å²) in [5.41, 5.74) is -0.228. The third-order valence-electron chi connectivity index (χ3n) is 2.88. The zero-order valence-corrected chi connectivity index (χ0v) is 11.1. The van der Waals surface area contributed by atoms with Crippen LogP contribution in [-0.2, 0) is 7.05 Å². The second-order valence-electron chi connectivity index (χ2n) is 4.05. The lowest BCUT2D eigenvalue weighted by atomic mass is 10.1. The SMILES string of the molecule is Cn1c(=O)c(C(=O)NCCCl)c(O)c2ccccc21. The number of carbonyl (C=O) groups is 1. The van der Waals surface area contributed by atoms with Gasteiger partial charge >= 0.3 is 0 Å². The summed E-state index contributed by atoms with van der Waals surface area (Å²) < 4.78 is 1.34. The number of rotatable bonds is 3. The Hall–Kier alpha value is -2.01. The summed E-state index contributed by atoms with van der Waals surface area (Å²) >= 11 is 5.48. The van der Waals surface area contributed by atoms with Crippen molar-refractivity contribution < 1.29 is 9.90 Å². The minimum absolute atomic E-state index is 0.232. The predicted molar refractivity (Wildman–Crippen MR) is 73.9 cm³/mol. The second kappa shape index (κ2) is 5.32. The summed E-state index contributed by atoms with van der Waals surface area (Å²) in [4.78, 5) is 24.0. The van der Waals surface area contributed by atoms with Crippen molar-refractivity contribution in [3.8, 4) is 5.75 Å². The summed E-state index contributed by atoms with van der Waals surface area (Å²) in [5.74, 6) is -0.685. The number of hydrogen-bond donors (Lipinski definition) is 2. The molecule has 0 aliphatic heterocycles. The molecular weight excluding hydrogens is 268 g/mol. The highest BCUT2D eigenvalue weighted by Crippen LogP contribution is 2.25. The molecular formula is C13H13ClN2O3. The maximum absolute atomic E-state index is 12.1. The molecule has 0 spiro atoms. The first-order valence-corrected chi connectivity index (χ1v) is 6.26. The van der Waals surface area contributed by atoms with Gasteiger partial charge in [-0.3, -0.25) is 9.59 Å². The van der Waals surface area contributed by atoms with E-state index in [4.69, 9.17) is 11.6 Å². The van der Waals surface area contributed by atoms with Crippen molar-refractivity contribution in [2.24, 2.45) is 7.05 Å². The molecule has 19 heavy (non-hydrogen) atoms. The van der Waals surface area contributed by atoms with Crippen LogP contribution >= 0.6 is 11.6 Å². The van der Waals surface area contributed by atoms with Gasteiger partial charge < -0.3 is 15.0 Å². The molecule has 100 valence electrons. The first-order chi connectivity index (χ1) is 9.07. The van der Waals surface area contributed by atoms with Crippen LogP contribution in [0.5, 0.6) is 5.75 Å². The van der Waals surface area contributed by atoms with E-state index in [-0.39, 0.29) is 23.7 Å². The Bertz CT molecular complexity index is 694. The Labute approximate surface area is 114 Å². The Balaban J connectivity index is 2.68. The average molecular weight is 281 g/mol.